The minimum absolute atomic E-state index is 0.550. The zero-order valence-corrected chi connectivity index (χ0v) is 17.7. The molecule has 0 saturated heterocycles. The highest BCUT2D eigenvalue weighted by molar-refractivity contribution is 5.80. The Balaban J connectivity index is 1.19. The van der Waals surface area contributed by atoms with Crippen molar-refractivity contribution in [2.24, 2.45) is 16.8 Å². The van der Waals surface area contributed by atoms with Gasteiger partial charge in [0, 0.05) is 37.5 Å². The summed E-state index contributed by atoms with van der Waals surface area (Å²) in [6.07, 6.45) is 13.6. The number of hydrogen-bond donors (Lipinski definition) is 1. The first kappa shape index (κ1) is 18.7. The molecule has 1 N–H and O–H groups in total. The zero-order chi connectivity index (χ0) is 20.6. The van der Waals surface area contributed by atoms with Gasteiger partial charge < -0.3 is 5.32 Å². The van der Waals surface area contributed by atoms with Crippen molar-refractivity contribution in [2.45, 2.75) is 51.0 Å². The van der Waals surface area contributed by atoms with Gasteiger partial charge >= 0.3 is 0 Å². The molecular formula is C26H27N5. The number of rotatable bonds is 6. The number of aliphatic imine (C=N–C) groups is 1. The molecule has 2 fully saturated rings. The molecule has 3 aromatic rings. The highest BCUT2D eigenvalue weighted by Crippen LogP contribution is 2.46. The quantitative estimate of drug-likeness (QED) is 0.628. The lowest BCUT2D eigenvalue weighted by molar-refractivity contribution is 0.439. The Labute approximate surface area is 183 Å². The van der Waals surface area contributed by atoms with Crippen LogP contribution in [0.1, 0.15) is 53.9 Å². The normalized spacial score (nSPS) is 23.3. The van der Waals surface area contributed by atoms with E-state index in [2.05, 4.69) is 51.7 Å². The van der Waals surface area contributed by atoms with Crippen LogP contribution in [0.2, 0.25) is 0 Å². The van der Waals surface area contributed by atoms with E-state index in [0.717, 1.165) is 54.1 Å². The predicted molar refractivity (Wildman–Crippen MR) is 123 cm³/mol. The van der Waals surface area contributed by atoms with Crippen molar-refractivity contribution in [2.75, 3.05) is 5.32 Å². The van der Waals surface area contributed by atoms with Crippen LogP contribution in [0.5, 0.6) is 0 Å². The topological polar surface area (TPSA) is 63.1 Å². The van der Waals surface area contributed by atoms with Crippen LogP contribution in [0.4, 0.5) is 11.5 Å². The second kappa shape index (κ2) is 7.88. The van der Waals surface area contributed by atoms with Crippen LogP contribution in [0.25, 0.3) is 0 Å². The third-order valence-corrected chi connectivity index (χ3v) is 7.11. The monoisotopic (exact) mass is 409 g/mol. The number of pyridine rings is 1. The average molecular weight is 410 g/mol. The van der Waals surface area contributed by atoms with E-state index in [9.17, 15) is 0 Å². The van der Waals surface area contributed by atoms with Gasteiger partial charge in [-0.25, -0.2) is 9.97 Å². The summed E-state index contributed by atoms with van der Waals surface area (Å²) in [6, 6.07) is 13.5. The van der Waals surface area contributed by atoms with Crippen LogP contribution in [-0.2, 0) is 19.3 Å². The van der Waals surface area contributed by atoms with E-state index in [-0.39, 0.29) is 0 Å². The van der Waals surface area contributed by atoms with Gasteiger partial charge in [-0.15, -0.1) is 0 Å². The number of nitrogens with one attached hydrogen (secondary N) is 1. The molecule has 0 amide bonds. The molecule has 2 aromatic heterocycles. The highest BCUT2D eigenvalue weighted by atomic mass is 15.1. The largest absolute Gasteiger partial charge is 0.365 e. The van der Waals surface area contributed by atoms with E-state index in [0.29, 0.717) is 6.04 Å². The first-order chi connectivity index (χ1) is 15.3. The maximum absolute atomic E-state index is 4.93. The van der Waals surface area contributed by atoms with E-state index in [1.165, 1.54) is 42.4 Å². The van der Waals surface area contributed by atoms with E-state index >= 15 is 0 Å². The summed E-state index contributed by atoms with van der Waals surface area (Å²) in [5.74, 6) is 3.54. The average Bonchev–Trinajstić information content (AvgIpc) is 3.53. The molecule has 0 spiro atoms. The molecule has 5 heteroatoms. The van der Waals surface area contributed by atoms with Gasteiger partial charge in [0.15, 0.2) is 5.82 Å². The Morgan fingerprint density at radius 1 is 0.839 bits per heavy atom. The van der Waals surface area contributed by atoms with Crippen molar-refractivity contribution < 1.29 is 0 Å². The van der Waals surface area contributed by atoms with Crippen LogP contribution in [0, 0.1) is 11.8 Å². The van der Waals surface area contributed by atoms with Crippen molar-refractivity contribution in [1.82, 2.24) is 15.0 Å². The first-order valence-electron chi connectivity index (χ1n) is 11.5. The summed E-state index contributed by atoms with van der Waals surface area (Å²) in [5.41, 5.74) is 5.84. The molecule has 0 radical (unpaired) electrons. The Morgan fingerprint density at radius 3 is 2.35 bits per heavy atom. The third-order valence-electron chi connectivity index (χ3n) is 7.11. The molecule has 156 valence electrons. The fraction of sp³-hybridized carbons (Fsp3) is 0.385. The fourth-order valence-corrected chi connectivity index (χ4v) is 5.52. The van der Waals surface area contributed by atoms with Gasteiger partial charge in [-0.05, 0) is 66.3 Å². The molecule has 31 heavy (non-hydrogen) atoms. The van der Waals surface area contributed by atoms with Crippen molar-refractivity contribution in [1.29, 1.82) is 0 Å². The fourth-order valence-electron chi connectivity index (χ4n) is 5.52. The summed E-state index contributed by atoms with van der Waals surface area (Å²) >= 11 is 0. The molecule has 3 unspecified atom stereocenters. The van der Waals surface area contributed by atoms with Crippen LogP contribution in [0.15, 0.2) is 53.8 Å². The molecule has 1 aromatic carbocycles. The van der Waals surface area contributed by atoms with E-state index in [4.69, 9.17) is 9.97 Å². The van der Waals surface area contributed by atoms with Gasteiger partial charge in [-0.3, -0.25) is 9.98 Å². The van der Waals surface area contributed by atoms with Crippen LogP contribution in [0.3, 0.4) is 0 Å². The lowest BCUT2D eigenvalue weighted by Crippen LogP contribution is -2.26. The second-order valence-corrected chi connectivity index (χ2v) is 9.25. The van der Waals surface area contributed by atoms with Crippen molar-refractivity contribution in [3.63, 3.8) is 0 Å². The Morgan fingerprint density at radius 2 is 1.61 bits per heavy atom. The van der Waals surface area contributed by atoms with Crippen molar-refractivity contribution in [3.8, 4) is 0 Å². The third kappa shape index (κ3) is 3.85. The summed E-state index contributed by atoms with van der Waals surface area (Å²) in [6.45, 7) is 0. The van der Waals surface area contributed by atoms with Crippen LogP contribution in [-0.4, -0.2) is 27.2 Å². The first-order valence-corrected chi connectivity index (χ1v) is 11.5. The summed E-state index contributed by atoms with van der Waals surface area (Å²) in [4.78, 5) is 18.5. The van der Waals surface area contributed by atoms with Gasteiger partial charge in [-0.2, -0.15) is 0 Å². The van der Waals surface area contributed by atoms with Crippen LogP contribution >= 0.6 is 0 Å². The smallest absolute Gasteiger partial charge is 0.156 e. The molecule has 2 bridgehead atoms. The maximum Gasteiger partial charge on any atom is 0.156 e. The van der Waals surface area contributed by atoms with Gasteiger partial charge in [0.1, 0.15) is 11.5 Å². The molecular weight excluding hydrogens is 382 g/mol. The van der Waals surface area contributed by atoms with E-state index in [1.807, 2.05) is 18.6 Å². The number of nitrogens with zero attached hydrogens (tertiary/aromatic N) is 4. The number of anilines is 1. The lowest BCUT2D eigenvalue weighted by Gasteiger charge is -2.24. The van der Waals surface area contributed by atoms with Gasteiger partial charge in [0.2, 0.25) is 0 Å². The molecule has 6 rings (SSSR count). The van der Waals surface area contributed by atoms with Crippen LogP contribution < -0.4 is 5.32 Å². The second-order valence-electron chi connectivity index (χ2n) is 9.25. The lowest BCUT2D eigenvalue weighted by atomic mass is 9.95. The summed E-state index contributed by atoms with van der Waals surface area (Å²) in [7, 11) is 0. The number of fused-ring (bicyclic) bond motifs is 3. The van der Waals surface area contributed by atoms with Gasteiger partial charge in [-0.1, -0.05) is 30.7 Å². The van der Waals surface area contributed by atoms with Crippen molar-refractivity contribution in [3.05, 3.63) is 77.0 Å². The molecule has 3 heterocycles. The highest BCUT2D eigenvalue weighted by Gasteiger charge is 2.40. The minimum Gasteiger partial charge on any atom is -0.365 e. The number of benzene rings is 1. The minimum atomic E-state index is 0.550. The Kier molecular flexibility index (Phi) is 4.74. The molecule has 3 atom stereocenters. The molecule has 5 nitrogen and oxygen atoms in total. The van der Waals surface area contributed by atoms with Gasteiger partial charge in [0.05, 0.1) is 5.69 Å². The Hall–Kier alpha value is -3.08. The predicted octanol–water partition coefficient (Wildman–Crippen LogP) is 4.91. The maximum atomic E-state index is 4.93. The Bertz CT molecular complexity index is 1110. The summed E-state index contributed by atoms with van der Waals surface area (Å²) < 4.78 is 0. The zero-order valence-electron chi connectivity index (χ0n) is 17.7. The number of aromatic nitrogens is 3. The standard InChI is InChI=1S/C26H27N5/c1-3-18(4-2-17(1)13-19-7-10-27-11-8-19)16-24-29-22-9-12-28-25(22)26(31-24)30-23-15-20-5-6-21(23)14-20/h1-4,7-8,10-12,20-21,23H,5-6,9,13-16H2,(H,29,30,31). The summed E-state index contributed by atoms with van der Waals surface area (Å²) in [5, 5.41) is 3.77. The molecule has 1 aliphatic heterocycles. The molecule has 3 aliphatic rings. The number of hydrogen-bond acceptors (Lipinski definition) is 5. The van der Waals surface area contributed by atoms with Crippen molar-refractivity contribution >= 4 is 17.7 Å². The van der Waals surface area contributed by atoms with Gasteiger partial charge in [0.25, 0.3) is 0 Å². The SMILES string of the molecule is C1=Nc2c(nc(Cc3ccc(Cc4ccncc4)cc3)nc2NC2CC3CCC2C3)C1. The van der Waals surface area contributed by atoms with E-state index < -0.39 is 0 Å². The molecule has 2 aliphatic carbocycles. The van der Waals surface area contributed by atoms with E-state index in [1.54, 1.807) is 0 Å². The molecule has 2 saturated carbocycles.